The molecule has 0 bridgehead atoms. The topological polar surface area (TPSA) is 60.5 Å². The molecule has 0 aliphatic heterocycles. The Kier molecular flexibility index (Phi) is 6.44. The second kappa shape index (κ2) is 9.19. The number of carbonyl (C=O) groups excluding carboxylic acids is 1. The number of amides is 1. The van der Waals surface area contributed by atoms with Gasteiger partial charge in [-0.3, -0.25) is 4.79 Å². The molecule has 2 aromatic carbocycles. The van der Waals surface area contributed by atoms with Crippen LogP contribution in [0.15, 0.2) is 53.9 Å². The number of nitrogens with one attached hydrogen (secondary N) is 1. The molecular formula is C21H22N2O3S. The van der Waals surface area contributed by atoms with Gasteiger partial charge in [-0.15, -0.1) is 11.3 Å². The van der Waals surface area contributed by atoms with Gasteiger partial charge in [-0.2, -0.15) is 0 Å². The molecule has 140 valence electrons. The van der Waals surface area contributed by atoms with Crippen molar-refractivity contribution in [1.29, 1.82) is 0 Å². The van der Waals surface area contributed by atoms with E-state index in [0.29, 0.717) is 24.7 Å². The van der Waals surface area contributed by atoms with Crippen molar-refractivity contribution >= 4 is 22.9 Å². The Morgan fingerprint density at radius 2 is 1.67 bits per heavy atom. The molecule has 1 aromatic heterocycles. The van der Waals surface area contributed by atoms with Crippen LogP contribution in [0.3, 0.4) is 0 Å². The molecular weight excluding hydrogens is 360 g/mol. The van der Waals surface area contributed by atoms with E-state index >= 15 is 0 Å². The lowest BCUT2D eigenvalue weighted by atomic mass is 10.2. The molecule has 1 heterocycles. The molecule has 1 amide bonds. The fraction of sp³-hybridized carbons (Fsp3) is 0.238. The lowest BCUT2D eigenvalue weighted by molar-refractivity contribution is -0.115. The second-order valence-corrected chi connectivity index (χ2v) is 6.59. The molecule has 0 saturated heterocycles. The molecule has 0 radical (unpaired) electrons. The number of nitrogens with zero attached hydrogens (tertiary/aromatic N) is 1. The lowest BCUT2D eigenvalue weighted by Crippen LogP contribution is -2.15. The predicted molar refractivity (Wildman–Crippen MR) is 109 cm³/mol. The number of para-hydroxylation sites is 3. The Morgan fingerprint density at radius 1 is 1.00 bits per heavy atom. The summed E-state index contributed by atoms with van der Waals surface area (Å²) in [5.74, 6) is 1.34. The third kappa shape index (κ3) is 4.86. The minimum Gasteiger partial charge on any atom is -0.493 e. The highest BCUT2D eigenvalue weighted by molar-refractivity contribution is 7.13. The first-order valence-electron chi connectivity index (χ1n) is 8.89. The summed E-state index contributed by atoms with van der Waals surface area (Å²) in [6.07, 6.45) is 0.202. The standard InChI is InChI=1S/C21H22N2O3S/c1-3-25-18-11-7-5-9-16(18)21-22-15(14-27-21)13-20(24)23-17-10-6-8-12-19(17)26-4-2/h5-12,14H,3-4,13H2,1-2H3,(H,23,24). The van der Waals surface area contributed by atoms with Crippen LogP contribution < -0.4 is 14.8 Å². The number of benzene rings is 2. The molecule has 3 aromatic rings. The van der Waals surface area contributed by atoms with Crippen molar-refractivity contribution in [3.8, 4) is 22.1 Å². The van der Waals surface area contributed by atoms with Gasteiger partial charge >= 0.3 is 0 Å². The van der Waals surface area contributed by atoms with E-state index in [1.807, 2.05) is 67.8 Å². The van der Waals surface area contributed by atoms with Gasteiger partial charge in [0.1, 0.15) is 16.5 Å². The third-order valence-corrected chi connectivity index (χ3v) is 4.70. The number of carbonyl (C=O) groups is 1. The molecule has 1 N–H and O–H groups in total. The number of thiazole rings is 1. The number of rotatable bonds is 8. The first kappa shape index (κ1) is 18.9. The van der Waals surface area contributed by atoms with Crippen LogP contribution in [0.5, 0.6) is 11.5 Å². The van der Waals surface area contributed by atoms with Crippen LogP contribution in [-0.2, 0) is 11.2 Å². The van der Waals surface area contributed by atoms with Gasteiger partial charge in [-0.1, -0.05) is 24.3 Å². The molecule has 0 atom stereocenters. The average molecular weight is 382 g/mol. The Bertz CT molecular complexity index is 908. The zero-order valence-corrected chi connectivity index (χ0v) is 16.2. The van der Waals surface area contributed by atoms with Crippen LogP contribution in [-0.4, -0.2) is 24.1 Å². The van der Waals surface area contributed by atoms with Crippen LogP contribution in [0.25, 0.3) is 10.6 Å². The van der Waals surface area contributed by atoms with Gasteiger partial charge in [0.15, 0.2) is 0 Å². The van der Waals surface area contributed by atoms with Gasteiger partial charge in [0.2, 0.25) is 5.91 Å². The zero-order chi connectivity index (χ0) is 19.1. The summed E-state index contributed by atoms with van der Waals surface area (Å²) in [7, 11) is 0. The molecule has 0 unspecified atom stereocenters. The Morgan fingerprint density at radius 3 is 2.44 bits per heavy atom. The van der Waals surface area contributed by atoms with E-state index in [1.54, 1.807) is 0 Å². The molecule has 0 aliphatic carbocycles. The van der Waals surface area contributed by atoms with Crippen LogP contribution in [0, 0.1) is 0 Å². The molecule has 5 nitrogen and oxygen atoms in total. The van der Waals surface area contributed by atoms with E-state index in [0.717, 1.165) is 22.0 Å². The van der Waals surface area contributed by atoms with E-state index in [9.17, 15) is 4.79 Å². The minimum absolute atomic E-state index is 0.128. The van der Waals surface area contributed by atoms with Gasteiger partial charge in [0.25, 0.3) is 0 Å². The van der Waals surface area contributed by atoms with Crippen molar-refractivity contribution in [2.75, 3.05) is 18.5 Å². The highest BCUT2D eigenvalue weighted by atomic mass is 32.1. The van der Waals surface area contributed by atoms with Crippen LogP contribution in [0.4, 0.5) is 5.69 Å². The Labute approximate surface area is 163 Å². The maximum absolute atomic E-state index is 12.4. The molecule has 6 heteroatoms. The number of aromatic nitrogens is 1. The summed E-state index contributed by atoms with van der Waals surface area (Å²) in [6.45, 7) is 5.00. The van der Waals surface area contributed by atoms with Gasteiger partial charge in [-0.25, -0.2) is 4.98 Å². The molecule has 0 saturated carbocycles. The first-order valence-corrected chi connectivity index (χ1v) is 9.77. The summed E-state index contributed by atoms with van der Waals surface area (Å²) >= 11 is 1.51. The van der Waals surface area contributed by atoms with Crippen molar-refractivity contribution in [3.63, 3.8) is 0 Å². The van der Waals surface area contributed by atoms with Crippen molar-refractivity contribution in [1.82, 2.24) is 4.98 Å². The summed E-state index contributed by atoms with van der Waals surface area (Å²) in [6, 6.07) is 15.2. The zero-order valence-electron chi connectivity index (χ0n) is 15.4. The van der Waals surface area contributed by atoms with E-state index in [4.69, 9.17) is 9.47 Å². The SMILES string of the molecule is CCOc1ccccc1NC(=O)Cc1csc(-c2ccccc2OCC)n1. The quantitative estimate of drug-likeness (QED) is 0.609. The lowest BCUT2D eigenvalue weighted by Gasteiger charge is -2.10. The molecule has 0 fully saturated rings. The monoisotopic (exact) mass is 382 g/mol. The average Bonchev–Trinajstić information content (AvgIpc) is 3.12. The maximum Gasteiger partial charge on any atom is 0.230 e. The third-order valence-electron chi connectivity index (χ3n) is 3.77. The number of anilines is 1. The summed E-state index contributed by atoms with van der Waals surface area (Å²) < 4.78 is 11.2. The molecule has 27 heavy (non-hydrogen) atoms. The van der Waals surface area contributed by atoms with Crippen molar-refractivity contribution in [2.24, 2.45) is 0 Å². The van der Waals surface area contributed by atoms with Crippen LogP contribution in [0.1, 0.15) is 19.5 Å². The number of hydrogen-bond donors (Lipinski definition) is 1. The van der Waals surface area contributed by atoms with Crippen LogP contribution >= 0.6 is 11.3 Å². The summed E-state index contributed by atoms with van der Waals surface area (Å²) in [5, 5.41) is 5.65. The largest absolute Gasteiger partial charge is 0.493 e. The van der Waals surface area contributed by atoms with Crippen molar-refractivity contribution in [3.05, 3.63) is 59.6 Å². The second-order valence-electron chi connectivity index (χ2n) is 5.73. The minimum atomic E-state index is -0.128. The maximum atomic E-state index is 12.4. The Balaban J connectivity index is 1.70. The highest BCUT2D eigenvalue weighted by Gasteiger charge is 2.13. The van der Waals surface area contributed by atoms with Crippen molar-refractivity contribution < 1.29 is 14.3 Å². The first-order chi connectivity index (χ1) is 13.2. The fourth-order valence-corrected chi connectivity index (χ4v) is 3.50. The van der Waals surface area contributed by atoms with E-state index in [2.05, 4.69) is 10.3 Å². The van der Waals surface area contributed by atoms with Gasteiger partial charge in [0, 0.05) is 5.38 Å². The van der Waals surface area contributed by atoms with E-state index in [1.165, 1.54) is 11.3 Å². The smallest absolute Gasteiger partial charge is 0.230 e. The van der Waals surface area contributed by atoms with Crippen molar-refractivity contribution in [2.45, 2.75) is 20.3 Å². The summed E-state index contributed by atoms with van der Waals surface area (Å²) in [5.41, 5.74) is 2.34. The van der Waals surface area contributed by atoms with E-state index < -0.39 is 0 Å². The number of hydrogen-bond acceptors (Lipinski definition) is 5. The van der Waals surface area contributed by atoms with Gasteiger partial charge in [0.05, 0.1) is 36.6 Å². The number of ether oxygens (including phenoxy) is 2. The van der Waals surface area contributed by atoms with Gasteiger partial charge < -0.3 is 14.8 Å². The Hall–Kier alpha value is -2.86. The summed E-state index contributed by atoms with van der Waals surface area (Å²) in [4.78, 5) is 17.0. The molecule has 0 spiro atoms. The van der Waals surface area contributed by atoms with Gasteiger partial charge in [-0.05, 0) is 38.1 Å². The normalized spacial score (nSPS) is 10.4. The molecule has 3 rings (SSSR count). The molecule has 0 aliphatic rings. The van der Waals surface area contributed by atoms with E-state index in [-0.39, 0.29) is 12.3 Å². The predicted octanol–water partition coefficient (Wildman–Crippen LogP) is 4.79. The fourth-order valence-electron chi connectivity index (χ4n) is 2.65. The highest BCUT2D eigenvalue weighted by Crippen LogP contribution is 2.32. The van der Waals surface area contributed by atoms with Crippen LogP contribution in [0.2, 0.25) is 0 Å².